The van der Waals surface area contributed by atoms with Crippen molar-refractivity contribution >= 4 is 43.6 Å². The summed E-state index contributed by atoms with van der Waals surface area (Å²) in [5.41, 5.74) is 23.7. The Morgan fingerprint density at radius 1 is 0.370 bits per heavy atom. The number of fused-ring (bicyclic) bond motifs is 9. The number of hydrogen-bond donors (Lipinski definition) is 2. The van der Waals surface area contributed by atoms with E-state index in [9.17, 15) is 0 Å². The molecule has 0 aliphatic heterocycles. The van der Waals surface area contributed by atoms with E-state index in [1.54, 1.807) is 0 Å². The van der Waals surface area contributed by atoms with Crippen molar-refractivity contribution in [2.24, 2.45) is 0 Å². The lowest BCUT2D eigenvalue weighted by Gasteiger charge is -2.20. The first-order chi connectivity index (χ1) is 22.2. The first-order valence-electron chi connectivity index (χ1n) is 16.6. The van der Waals surface area contributed by atoms with Gasteiger partial charge in [-0.1, -0.05) is 36.4 Å². The summed E-state index contributed by atoms with van der Waals surface area (Å²) in [5.74, 6) is 0. The van der Waals surface area contributed by atoms with Crippen molar-refractivity contribution in [2.75, 3.05) is 0 Å². The molecule has 0 atom stereocenters. The lowest BCUT2D eigenvalue weighted by Crippen LogP contribution is -2.04. The van der Waals surface area contributed by atoms with Crippen molar-refractivity contribution in [3.05, 3.63) is 129 Å². The maximum Gasteiger partial charge on any atom is 0.0471 e. The molecule has 0 bridgehead atoms. The van der Waals surface area contributed by atoms with Crippen molar-refractivity contribution in [1.82, 2.24) is 9.97 Å². The van der Waals surface area contributed by atoms with E-state index in [0.29, 0.717) is 0 Å². The summed E-state index contributed by atoms with van der Waals surface area (Å²) in [7, 11) is 0. The van der Waals surface area contributed by atoms with Crippen LogP contribution in [-0.2, 0) is 12.8 Å². The fourth-order valence-corrected chi connectivity index (χ4v) is 7.93. The van der Waals surface area contributed by atoms with Gasteiger partial charge in [-0.05, 0) is 181 Å². The minimum Gasteiger partial charge on any atom is -0.354 e. The van der Waals surface area contributed by atoms with Crippen molar-refractivity contribution in [3.8, 4) is 33.4 Å². The number of hydrogen-bond acceptors (Lipinski definition) is 0. The summed E-state index contributed by atoms with van der Waals surface area (Å²) in [5, 5.41) is 5.25. The molecule has 2 heterocycles. The van der Waals surface area contributed by atoms with Crippen molar-refractivity contribution in [2.45, 2.75) is 54.4 Å². The van der Waals surface area contributed by atoms with Gasteiger partial charge in [-0.25, -0.2) is 0 Å². The predicted molar refractivity (Wildman–Crippen MR) is 197 cm³/mol. The van der Waals surface area contributed by atoms with Crippen LogP contribution in [0.1, 0.15) is 44.5 Å². The van der Waals surface area contributed by atoms with Crippen LogP contribution in [0.25, 0.3) is 77.0 Å². The van der Waals surface area contributed by atoms with Gasteiger partial charge in [-0.15, -0.1) is 0 Å². The lowest BCUT2D eigenvalue weighted by atomic mass is 9.84. The van der Waals surface area contributed by atoms with Gasteiger partial charge in [0.05, 0.1) is 0 Å². The molecule has 0 saturated heterocycles. The highest BCUT2D eigenvalue weighted by atomic mass is 14.7. The Kier molecular flexibility index (Phi) is 5.75. The Morgan fingerprint density at radius 3 is 1.13 bits per heavy atom. The molecule has 0 spiro atoms. The molecule has 1 aliphatic carbocycles. The molecule has 2 heteroatoms. The van der Waals surface area contributed by atoms with Gasteiger partial charge in [0.1, 0.15) is 0 Å². The van der Waals surface area contributed by atoms with E-state index in [1.165, 1.54) is 122 Å². The lowest BCUT2D eigenvalue weighted by molar-refractivity contribution is 0.946. The van der Waals surface area contributed by atoms with Crippen LogP contribution in [0.3, 0.4) is 0 Å². The Bertz CT molecular complexity index is 2360. The predicted octanol–water partition coefficient (Wildman–Crippen LogP) is 11.9. The molecule has 0 unspecified atom stereocenters. The third-order valence-electron chi connectivity index (χ3n) is 11.1. The fourth-order valence-electron chi connectivity index (χ4n) is 7.93. The van der Waals surface area contributed by atoms with Crippen LogP contribution in [0.15, 0.2) is 84.9 Å². The summed E-state index contributed by atoms with van der Waals surface area (Å²) in [4.78, 5) is 7.51. The highest BCUT2D eigenvalue weighted by molar-refractivity contribution is 6.12. The first-order valence-corrected chi connectivity index (χ1v) is 16.6. The molecule has 46 heavy (non-hydrogen) atoms. The monoisotopic (exact) mass is 594 g/mol. The highest BCUT2D eigenvalue weighted by Crippen LogP contribution is 2.42. The summed E-state index contributed by atoms with van der Waals surface area (Å²) < 4.78 is 0. The Morgan fingerprint density at radius 2 is 0.739 bits per heavy atom. The Labute approximate surface area is 270 Å². The van der Waals surface area contributed by atoms with E-state index < -0.39 is 0 Å². The normalized spacial score (nSPS) is 12.8. The molecule has 0 fully saturated rings. The molecule has 6 aromatic carbocycles. The van der Waals surface area contributed by atoms with Gasteiger partial charge in [-0.3, -0.25) is 0 Å². The van der Waals surface area contributed by atoms with E-state index in [1.807, 2.05) is 0 Å². The molecule has 0 radical (unpaired) electrons. The van der Waals surface area contributed by atoms with Gasteiger partial charge in [0.25, 0.3) is 0 Å². The van der Waals surface area contributed by atoms with Crippen molar-refractivity contribution in [3.63, 3.8) is 0 Å². The van der Waals surface area contributed by atoms with Gasteiger partial charge in [0, 0.05) is 43.6 Å². The third kappa shape index (κ3) is 4.02. The molecule has 1 aliphatic rings. The van der Waals surface area contributed by atoms with Gasteiger partial charge in [0.2, 0.25) is 0 Å². The molecule has 0 saturated carbocycles. The number of benzene rings is 6. The second kappa shape index (κ2) is 9.71. The zero-order valence-electron chi connectivity index (χ0n) is 27.5. The summed E-state index contributed by atoms with van der Waals surface area (Å²) in [6.45, 7) is 13.3. The standard InChI is InChI=1S/C44H38N2/c1-23-13-33(14-24(2)27(23)5)29-9-11-41-37(17-29)39-19-31-7-8-32-20-40-38-18-30(34-15-25(3)28(6)26(4)16-34)10-12-42(38)46-44(40)22-36(32)35(31)21-43(39)45-41/h9-22,45-46H,7-8H2,1-6H3. The molecule has 2 aromatic heterocycles. The van der Waals surface area contributed by atoms with Gasteiger partial charge in [-0.2, -0.15) is 0 Å². The average molecular weight is 595 g/mol. The van der Waals surface area contributed by atoms with Crippen molar-refractivity contribution < 1.29 is 0 Å². The molecule has 9 rings (SSSR count). The molecular formula is C44H38N2. The number of nitrogens with one attached hydrogen (secondary N) is 2. The second-order valence-electron chi connectivity index (χ2n) is 13.9. The summed E-state index contributed by atoms with van der Waals surface area (Å²) >= 11 is 0. The van der Waals surface area contributed by atoms with Crippen LogP contribution in [0.2, 0.25) is 0 Å². The van der Waals surface area contributed by atoms with Gasteiger partial charge >= 0.3 is 0 Å². The molecular weight excluding hydrogens is 556 g/mol. The maximum atomic E-state index is 3.75. The topological polar surface area (TPSA) is 31.6 Å². The number of H-pyrrole nitrogens is 2. The fraction of sp³-hybridized carbons (Fsp3) is 0.182. The van der Waals surface area contributed by atoms with E-state index >= 15 is 0 Å². The number of aryl methyl sites for hydroxylation is 6. The van der Waals surface area contributed by atoms with E-state index in [4.69, 9.17) is 0 Å². The van der Waals surface area contributed by atoms with Crippen LogP contribution >= 0.6 is 0 Å². The van der Waals surface area contributed by atoms with Gasteiger partial charge in [0.15, 0.2) is 0 Å². The van der Waals surface area contributed by atoms with E-state index in [2.05, 4.69) is 136 Å². The third-order valence-corrected chi connectivity index (χ3v) is 11.1. The number of rotatable bonds is 2. The summed E-state index contributed by atoms with van der Waals surface area (Å²) in [6.07, 6.45) is 2.12. The second-order valence-corrected chi connectivity index (χ2v) is 13.9. The zero-order valence-corrected chi connectivity index (χ0v) is 27.5. The first kappa shape index (κ1) is 27.2. The highest BCUT2D eigenvalue weighted by Gasteiger charge is 2.21. The van der Waals surface area contributed by atoms with E-state index in [-0.39, 0.29) is 0 Å². The van der Waals surface area contributed by atoms with Crippen LogP contribution in [0.4, 0.5) is 0 Å². The zero-order chi connectivity index (χ0) is 31.4. The number of aromatic amines is 2. The SMILES string of the molecule is Cc1cc(-c2ccc3[nH]c4cc5c(cc4c3c2)CCc2cc3c(cc2-5)[nH]c2ccc(-c4cc(C)c(C)c(C)c4)cc23)cc(C)c1C. The summed E-state index contributed by atoms with van der Waals surface area (Å²) in [6, 6.07) is 32.8. The average Bonchev–Trinajstić information content (AvgIpc) is 3.59. The van der Waals surface area contributed by atoms with Crippen LogP contribution in [0, 0.1) is 41.5 Å². The van der Waals surface area contributed by atoms with E-state index in [0.717, 1.165) is 12.8 Å². The van der Waals surface area contributed by atoms with Crippen molar-refractivity contribution in [1.29, 1.82) is 0 Å². The molecule has 2 N–H and O–H groups in total. The van der Waals surface area contributed by atoms with Crippen LogP contribution in [-0.4, -0.2) is 9.97 Å². The largest absolute Gasteiger partial charge is 0.354 e. The maximum absolute atomic E-state index is 3.75. The Balaban J connectivity index is 1.16. The minimum atomic E-state index is 1.06. The quantitative estimate of drug-likeness (QED) is 0.199. The molecule has 224 valence electrons. The minimum absolute atomic E-state index is 1.06. The number of aromatic nitrogens is 2. The molecule has 0 amide bonds. The molecule has 8 aromatic rings. The van der Waals surface area contributed by atoms with Crippen LogP contribution in [0.5, 0.6) is 0 Å². The van der Waals surface area contributed by atoms with Gasteiger partial charge < -0.3 is 9.97 Å². The molecule has 2 nitrogen and oxygen atoms in total. The smallest absolute Gasteiger partial charge is 0.0471 e. The van der Waals surface area contributed by atoms with Crippen LogP contribution < -0.4 is 0 Å². The Hall–Kier alpha value is -5.08.